The number of anilines is 2. The molecule has 0 bridgehead atoms. The Kier molecular flexibility index (Phi) is 3.28. The van der Waals surface area contributed by atoms with E-state index in [1.165, 1.54) is 11.3 Å². The number of fused-ring (bicyclic) bond motifs is 4. The molecule has 26 heavy (non-hydrogen) atoms. The van der Waals surface area contributed by atoms with Crippen molar-refractivity contribution in [1.82, 2.24) is 19.6 Å². The first-order valence-corrected chi connectivity index (χ1v) is 8.84. The maximum absolute atomic E-state index is 4.79. The van der Waals surface area contributed by atoms with Crippen molar-refractivity contribution in [2.75, 3.05) is 11.9 Å². The van der Waals surface area contributed by atoms with Crippen LogP contribution in [-0.4, -0.2) is 26.6 Å². The van der Waals surface area contributed by atoms with Gasteiger partial charge in [-0.15, -0.1) is 10.2 Å². The third-order valence-electron chi connectivity index (χ3n) is 5.22. The van der Waals surface area contributed by atoms with Crippen LogP contribution in [-0.2, 0) is 6.42 Å². The van der Waals surface area contributed by atoms with E-state index in [0.717, 1.165) is 34.8 Å². The van der Waals surface area contributed by atoms with Crippen LogP contribution in [0.2, 0.25) is 0 Å². The van der Waals surface area contributed by atoms with Gasteiger partial charge in [0.05, 0.1) is 0 Å². The van der Waals surface area contributed by atoms with Crippen LogP contribution < -0.4 is 4.90 Å². The van der Waals surface area contributed by atoms with Gasteiger partial charge < -0.3 is 4.90 Å². The molecule has 5 rings (SSSR count). The molecule has 0 fully saturated rings. The Balaban J connectivity index is 1.73. The molecule has 1 unspecified atom stereocenters. The Morgan fingerprint density at radius 1 is 0.962 bits per heavy atom. The van der Waals surface area contributed by atoms with Gasteiger partial charge in [-0.2, -0.15) is 0 Å². The maximum Gasteiger partial charge on any atom is 0.169 e. The Hall–Kier alpha value is -3.21. The van der Waals surface area contributed by atoms with Crippen LogP contribution in [0.3, 0.4) is 0 Å². The lowest BCUT2D eigenvalue weighted by Crippen LogP contribution is -2.14. The highest BCUT2D eigenvalue weighted by atomic mass is 15.3. The minimum atomic E-state index is 0.389. The van der Waals surface area contributed by atoms with Gasteiger partial charge in [0.15, 0.2) is 11.5 Å². The summed E-state index contributed by atoms with van der Waals surface area (Å²) in [5.41, 5.74) is 5.63. The monoisotopic (exact) mass is 341 g/mol. The lowest BCUT2D eigenvalue weighted by Gasteiger charge is -2.21. The van der Waals surface area contributed by atoms with Crippen LogP contribution in [0.1, 0.15) is 24.0 Å². The smallest absolute Gasteiger partial charge is 0.169 e. The fourth-order valence-electron chi connectivity index (χ4n) is 3.89. The van der Waals surface area contributed by atoms with Crippen molar-refractivity contribution in [1.29, 1.82) is 0 Å². The Morgan fingerprint density at radius 3 is 2.58 bits per heavy atom. The summed E-state index contributed by atoms with van der Waals surface area (Å²) in [5.74, 6) is 2.18. The lowest BCUT2D eigenvalue weighted by molar-refractivity contribution is 0.766. The van der Waals surface area contributed by atoms with E-state index in [2.05, 4.69) is 53.3 Å². The minimum Gasteiger partial charge on any atom is -0.329 e. The Morgan fingerprint density at radius 2 is 1.73 bits per heavy atom. The third kappa shape index (κ3) is 2.13. The highest BCUT2D eigenvalue weighted by Gasteiger charge is 2.26. The van der Waals surface area contributed by atoms with Gasteiger partial charge >= 0.3 is 0 Å². The van der Waals surface area contributed by atoms with Crippen molar-refractivity contribution >= 4 is 17.2 Å². The first-order valence-electron chi connectivity index (χ1n) is 8.84. The molecule has 0 spiro atoms. The molecule has 0 amide bonds. The van der Waals surface area contributed by atoms with Gasteiger partial charge in [-0.25, -0.2) is 4.98 Å². The topological polar surface area (TPSA) is 46.3 Å². The zero-order chi connectivity index (χ0) is 17.7. The number of aromatic nitrogens is 4. The summed E-state index contributed by atoms with van der Waals surface area (Å²) in [6, 6.07) is 18.7. The van der Waals surface area contributed by atoms with Gasteiger partial charge in [0.1, 0.15) is 12.1 Å². The van der Waals surface area contributed by atoms with E-state index in [1.807, 2.05) is 41.1 Å². The molecule has 2 aromatic carbocycles. The standard InChI is InChI=1S/C21H19N5/c1-14-12-17-20(25(2)18-11-7-6-10-16(14)18)22-13-26-19(23-24-21(17)26)15-8-4-3-5-9-15/h3-11,13-14H,12H2,1-2H3. The first-order chi connectivity index (χ1) is 12.7. The van der Waals surface area contributed by atoms with Crippen LogP contribution in [0, 0.1) is 0 Å². The summed E-state index contributed by atoms with van der Waals surface area (Å²) in [5, 5.41) is 8.99. The van der Waals surface area contributed by atoms with Gasteiger partial charge in [0.25, 0.3) is 0 Å². The number of para-hydroxylation sites is 1. The summed E-state index contributed by atoms with van der Waals surface area (Å²) in [6.07, 6.45) is 2.73. The summed E-state index contributed by atoms with van der Waals surface area (Å²) in [7, 11) is 2.08. The molecule has 4 aromatic rings. The molecular weight excluding hydrogens is 322 g/mol. The summed E-state index contributed by atoms with van der Waals surface area (Å²) in [6.45, 7) is 2.26. The molecule has 5 heteroatoms. The second-order valence-corrected chi connectivity index (χ2v) is 6.85. The molecule has 0 radical (unpaired) electrons. The predicted molar refractivity (Wildman–Crippen MR) is 103 cm³/mol. The van der Waals surface area contributed by atoms with E-state index in [1.54, 1.807) is 0 Å². The first kappa shape index (κ1) is 15.1. The van der Waals surface area contributed by atoms with Crippen LogP contribution in [0.15, 0.2) is 60.9 Å². The molecule has 5 nitrogen and oxygen atoms in total. The Labute approximate surface area is 152 Å². The van der Waals surface area contributed by atoms with Gasteiger partial charge in [-0.3, -0.25) is 4.40 Å². The predicted octanol–water partition coefficient (Wildman–Crippen LogP) is 4.22. The molecule has 3 heterocycles. The van der Waals surface area contributed by atoms with Crippen molar-refractivity contribution in [2.45, 2.75) is 19.3 Å². The molecule has 0 N–H and O–H groups in total. The molecule has 0 saturated carbocycles. The van der Waals surface area contributed by atoms with Crippen molar-refractivity contribution in [2.24, 2.45) is 0 Å². The molecule has 0 saturated heterocycles. The summed E-state index contributed by atoms with van der Waals surface area (Å²) in [4.78, 5) is 6.96. The van der Waals surface area contributed by atoms with Crippen molar-refractivity contribution in [3.63, 3.8) is 0 Å². The molecule has 1 aliphatic rings. The lowest BCUT2D eigenvalue weighted by atomic mass is 9.94. The second kappa shape index (κ2) is 5.66. The van der Waals surface area contributed by atoms with Gasteiger partial charge in [-0.1, -0.05) is 55.5 Å². The van der Waals surface area contributed by atoms with Crippen LogP contribution in [0.5, 0.6) is 0 Å². The van der Waals surface area contributed by atoms with E-state index < -0.39 is 0 Å². The second-order valence-electron chi connectivity index (χ2n) is 6.85. The highest BCUT2D eigenvalue weighted by molar-refractivity contribution is 5.74. The number of rotatable bonds is 1. The van der Waals surface area contributed by atoms with Gasteiger partial charge in [0.2, 0.25) is 0 Å². The maximum atomic E-state index is 4.79. The molecule has 0 aliphatic carbocycles. The van der Waals surface area contributed by atoms with E-state index >= 15 is 0 Å². The van der Waals surface area contributed by atoms with E-state index in [4.69, 9.17) is 4.98 Å². The fourth-order valence-corrected chi connectivity index (χ4v) is 3.89. The SMILES string of the molecule is CC1Cc2c(ncn3c(-c4ccccc4)nnc23)N(C)c2ccccc21. The number of hydrogen-bond acceptors (Lipinski definition) is 4. The average Bonchev–Trinajstić information content (AvgIpc) is 3.08. The van der Waals surface area contributed by atoms with Crippen molar-refractivity contribution in [3.05, 3.63) is 72.1 Å². The molecule has 1 aliphatic heterocycles. The van der Waals surface area contributed by atoms with Crippen molar-refractivity contribution < 1.29 is 0 Å². The third-order valence-corrected chi connectivity index (χ3v) is 5.22. The number of nitrogens with zero attached hydrogens (tertiary/aromatic N) is 5. The number of hydrogen-bond donors (Lipinski definition) is 0. The van der Waals surface area contributed by atoms with Crippen LogP contribution in [0.25, 0.3) is 17.0 Å². The Bertz CT molecular complexity index is 1100. The molecule has 1 atom stereocenters. The number of benzene rings is 2. The minimum absolute atomic E-state index is 0.389. The zero-order valence-electron chi connectivity index (χ0n) is 14.8. The van der Waals surface area contributed by atoms with E-state index in [-0.39, 0.29) is 0 Å². The molecule has 128 valence electrons. The van der Waals surface area contributed by atoms with Crippen LogP contribution in [0.4, 0.5) is 11.5 Å². The van der Waals surface area contributed by atoms with Gasteiger partial charge in [0, 0.05) is 23.9 Å². The largest absolute Gasteiger partial charge is 0.329 e. The molecular formula is C21H19N5. The highest BCUT2D eigenvalue weighted by Crippen LogP contribution is 2.40. The molecule has 2 aromatic heterocycles. The summed E-state index contributed by atoms with van der Waals surface area (Å²) < 4.78 is 2.00. The van der Waals surface area contributed by atoms with Crippen molar-refractivity contribution in [3.8, 4) is 11.4 Å². The fraction of sp³-hybridized carbons (Fsp3) is 0.190. The summed E-state index contributed by atoms with van der Waals surface area (Å²) >= 11 is 0. The quantitative estimate of drug-likeness (QED) is 0.520. The van der Waals surface area contributed by atoms with E-state index in [9.17, 15) is 0 Å². The average molecular weight is 341 g/mol. The zero-order valence-corrected chi connectivity index (χ0v) is 14.8. The van der Waals surface area contributed by atoms with Gasteiger partial charge in [-0.05, 0) is 24.0 Å². The normalized spacial score (nSPS) is 16.2. The van der Waals surface area contributed by atoms with E-state index in [0.29, 0.717) is 5.92 Å². The van der Waals surface area contributed by atoms with Crippen LogP contribution >= 0.6 is 0 Å².